The van der Waals surface area contributed by atoms with Gasteiger partial charge in [-0.3, -0.25) is 4.90 Å². The molecule has 2 heterocycles. The molecule has 1 N–H and O–H groups in total. The van der Waals surface area contributed by atoms with Gasteiger partial charge in [-0.2, -0.15) is 0 Å². The molecule has 0 aromatic heterocycles. The summed E-state index contributed by atoms with van der Waals surface area (Å²) in [6.07, 6.45) is 2.56. The number of ether oxygens (including phenoxy) is 4. The lowest BCUT2D eigenvalue weighted by Gasteiger charge is -2.30. The van der Waals surface area contributed by atoms with Crippen LogP contribution in [0.15, 0.2) is 0 Å². The summed E-state index contributed by atoms with van der Waals surface area (Å²) in [5, 5.41) is 3.43. The SMILES string of the molecule is C1CC(CN2CCOCCOCCOCCOCC2)CCN1. The van der Waals surface area contributed by atoms with Crippen molar-refractivity contribution in [3.8, 4) is 0 Å². The van der Waals surface area contributed by atoms with Gasteiger partial charge >= 0.3 is 0 Å². The Balaban J connectivity index is 1.70. The highest BCUT2D eigenvalue weighted by atomic mass is 16.6. The first-order chi connectivity index (χ1) is 10.9. The van der Waals surface area contributed by atoms with Crippen LogP contribution in [-0.4, -0.2) is 90.5 Å². The van der Waals surface area contributed by atoms with Crippen molar-refractivity contribution in [1.82, 2.24) is 10.2 Å². The molecule has 0 aliphatic carbocycles. The van der Waals surface area contributed by atoms with Crippen molar-refractivity contribution in [2.75, 3.05) is 85.6 Å². The van der Waals surface area contributed by atoms with Crippen molar-refractivity contribution < 1.29 is 18.9 Å². The Bertz CT molecular complexity index is 247. The van der Waals surface area contributed by atoms with E-state index in [1.807, 2.05) is 0 Å². The summed E-state index contributed by atoms with van der Waals surface area (Å²) >= 11 is 0. The van der Waals surface area contributed by atoms with Gasteiger partial charge in [-0.15, -0.1) is 0 Å². The largest absolute Gasteiger partial charge is 0.378 e. The lowest BCUT2D eigenvalue weighted by Crippen LogP contribution is -2.39. The maximum Gasteiger partial charge on any atom is 0.0701 e. The van der Waals surface area contributed by atoms with E-state index in [4.69, 9.17) is 18.9 Å². The summed E-state index contributed by atoms with van der Waals surface area (Å²) in [5.41, 5.74) is 0. The Labute approximate surface area is 134 Å². The maximum absolute atomic E-state index is 5.67. The molecule has 0 bridgehead atoms. The van der Waals surface area contributed by atoms with Crippen LogP contribution in [0.25, 0.3) is 0 Å². The van der Waals surface area contributed by atoms with Crippen molar-refractivity contribution in [2.24, 2.45) is 5.92 Å². The third-order valence-corrected chi connectivity index (χ3v) is 4.19. The molecule has 22 heavy (non-hydrogen) atoms. The van der Waals surface area contributed by atoms with Crippen molar-refractivity contribution in [3.63, 3.8) is 0 Å². The molecule has 2 fully saturated rings. The van der Waals surface area contributed by atoms with Crippen LogP contribution >= 0.6 is 0 Å². The van der Waals surface area contributed by atoms with E-state index in [0.29, 0.717) is 39.6 Å². The second kappa shape index (κ2) is 12.2. The Kier molecular flexibility index (Phi) is 10.1. The fourth-order valence-corrected chi connectivity index (χ4v) is 2.87. The van der Waals surface area contributed by atoms with Crippen molar-refractivity contribution in [2.45, 2.75) is 12.8 Å². The van der Waals surface area contributed by atoms with Crippen molar-refractivity contribution in [3.05, 3.63) is 0 Å². The summed E-state index contributed by atoms with van der Waals surface area (Å²) < 4.78 is 22.2. The van der Waals surface area contributed by atoms with E-state index >= 15 is 0 Å². The molecule has 0 spiro atoms. The van der Waals surface area contributed by atoms with E-state index in [9.17, 15) is 0 Å². The Morgan fingerprint density at radius 3 is 1.64 bits per heavy atom. The second-order valence-corrected chi connectivity index (χ2v) is 5.94. The van der Waals surface area contributed by atoms with Crippen LogP contribution in [0.3, 0.4) is 0 Å². The maximum atomic E-state index is 5.67. The minimum atomic E-state index is 0.630. The first-order valence-electron chi connectivity index (χ1n) is 8.69. The number of rotatable bonds is 2. The Morgan fingerprint density at radius 2 is 1.14 bits per heavy atom. The molecule has 2 rings (SSSR count). The zero-order chi connectivity index (χ0) is 15.3. The molecule has 0 saturated carbocycles. The molecular formula is C16H32N2O4. The number of piperidine rings is 1. The molecule has 2 aliphatic rings. The quantitative estimate of drug-likeness (QED) is 0.794. The van der Waals surface area contributed by atoms with E-state index in [-0.39, 0.29) is 0 Å². The smallest absolute Gasteiger partial charge is 0.0701 e. The molecule has 0 radical (unpaired) electrons. The van der Waals surface area contributed by atoms with Gasteiger partial charge in [0.05, 0.1) is 52.9 Å². The predicted octanol–water partition coefficient (Wildman–Crippen LogP) is 0.368. The van der Waals surface area contributed by atoms with Gasteiger partial charge in [0.15, 0.2) is 0 Å². The van der Waals surface area contributed by atoms with Gasteiger partial charge in [-0.25, -0.2) is 0 Å². The minimum Gasteiger partial charge on any atom is -0.378 e. The lowest BCUT2D eigenvalue weighted by molar-refractivity contribution is 0.00206. The van der Waals surface area contributed by atoms with Gasteiger partial charge < -0.3 is 24.3 Å². The topological polar surface area (TPSA) is 52.2 Å². The summed E-state index contributed by atoms with van der Waals surface area (Å²) in [5.74, 6) is 0.801. The van der Waals surface area contributed by atoms with Crippen LogP contribution in [0, 0.1) is 5.92 Å². The Morgan fingerprint density at radius 1 is 0.682 bits per heavy atom. The van der Waals surface area contributed by atoms with Crippen LogP contribution in [0.2, 0.25) is 0 Å². The average Bonchev–Trinajstić information content (AvgIpc) is 2.56. The monoisotopic (exact) mass is 316 g/mol. The van der Waals surface area contributed by atoms with E-state index in [1.54, 1.807) is 0 Å². The fraction of sp³-hybridized carbons (Fsp3) is 1.00. The van der Waals surface area contributed by atoms with Crippen molar-refractivity contribution >= 4 is 0 Å². The molecule has 0 amide bonds. The fourth-order valence-electron chi connectivity index (χ4n) is 2.87. The highest BCUT2D eigenvalue weighted by Gasteiger charge is 2.17. The van der Waals surface area contributed by atoms with Gasteiger partial charge in [0.1, 0.15) is 0 Å². The van der Waals surface area contributed by atoms with Crippen LogP contribution < -0.4 is 5.32 Å². The highest BCUT2D eigenvalue weighted by molar-refractivity contribution is 4.72. The van der Waals surface area contributed by atoms with E-state index in [1.165, 1.54) is 12.8 Å². The van der Waals surface area contributed by atoms with Crippen LogP contribution in [0.5, 0.6) is 0 Å². The number of hydrogen-bond acceptors (Lipinski definition) is 6. The van der Waals surface area contributed by atoms with Gasteiger partial charge in [0, 0.05) is 19.6 Å². The third kappa shape index (κ3) is 8.41. The van der Waals surface area contributed by atoms with Gasteiger partial charge in [-0.1, -0.05) is 0 Å². The van der Waals surface area contributed by atoms with Crippen molar-refractivity contribution in [1.29, 1.82) is 0 Å². The van der Waals surface area contributed by atoms with Crippen LogP contribution in [0.1, 0.15) is 12.8 Å². The van der Waals surface area contributed by atoms with Crippen LogP contribution in [0.4, 0.5) is 0 Å². The molecule has 2 aliphatic heterocycles. The lowest BCUT2D eigenvalue weighted by atomic mass is 9.97. The Hall–Kier alpha value is -0.240. The summed E-state index contributed by atoms with van der Waals surface area (Å²) in [4.78, 5) is 2.48. The van der Waals surface area contributed by atoms with E-state index in [2.05, 4.69) is 10.2 Å². The molecule has 6 heteroatoms. The molecular weight excluding hydrogens is 284 g/mol. The standard InChI is InChI=1S/C16H32N2O4/c1-3-17-4-2-16(1)15-18-5-7-19-9-11-21-13-14-22-12-10-20-8-6-18/h16-17H,1-15H2. The van der Waals surface area contributed by atoms with E-state index in [0.717, 1.165) is 51.9 Å². The zero-order valence-electron chi connectivity index (χ0n) is 13.8. The summed E-state index contributed by atoms with van der Waals surface area (Å²) in [6, 6.07) is 0. The molecule has 0 aromatic carbocycles. The molecule has 0 aromatic rings. The molecule has 0 unspecified atom stereocenters. The van der Waals surface area contributed by atoms with E-state index < -0.39 is 0 Å². The van der Waals surface area contributed by atoms with Gasteiger partial charge in [0.25, 0.3) is 0 Å². The molecule has 6 nitrogen and oxygen atoms in total. The first-order valence-corrected chi connectivity index (χ1v) is 8.69. The van der Waals surface area contributed by atoms with Gasteiger partial charge in [0.2, 0.25) is 0 Å². The second-order valence-electron chi connectivity index (χ2n) is 5.94. The number of nitrogens with one attached hydrogen (secondary N) is 1. The zero-order valence-corrected chi connectivity index (χ0v) is 13.8. The predicted molar refractivity (Wildman–Crippen MR) is 85.3 cm³/mol. The first kappa shape index (κ1) is 18.1. The third-order valence-electron chi connectivity index (χ3n) is 4.19. The number of hydrogen-bond donors (Lipinski definition) is 1. The highest BCUT2D eigenvalue weighted by Crippen LogP contribution is 2.13. The normalized spacial score (nSPS) is 26.2. The summed E-state index contributed by atoms with van der Waals surface area (Å²) in [7, 11) is 0. The molecule has 2 saturated heterocycles. The van der Waals surface area contributed by atoms with Gasteiger partial charge in [-0.05, 0) is 31.8 Å². The number of nitrogens with zero attached hydrogens (tertiary/aromatic N) is 1. The molecule has 0 atom stereocenters. The van der Waals surface area contributed by atoms with Crippen LogP contribution in [-0.2, 0) is 18.9 Å². The average molecular weight is 316 g/mol. The minimum absolute atomic E-state index is 0.630. The molecule has 130 valence electrons. The summed E-state index contributed by atoms with van der Waals surface area (Å²) in [6.45, 7) is 10.8.